The summed E-state index contributed by atoms with van der Waals surface area (Å²) in [6.45, 7) is 5.15. The summed E-state index contributed by atoms with van der Waals surface area (Å²) in [6.07, 6.45) is 0.661. The van der Waals surface area contributed by atoms with Gasteiger partial charge in [-0.3, -0.25) is 0 Å². The highest BCUT2D eigenvalue weighted by Crippen LogP contribution is 2.27. The largest absolute Gasteiger partial charge is 0.450 e. The minimum atomic E-state index is -3.65. The fraction of sp³-hybridized carbons (Fsp3) is 0.600. The van der Waals surface area contributed by atoms with Crippen molar-refractivity contribution in [3.05, 3.63) is 16.5 Å². The van der Waals surface area contributed by atoms with E-state index in [1.54, 1.807) is 13.8 Å². The predicted molar refractivity (Wildman–Crippen MR) is 67.0 cm³/mol. The van der Waals surface area contributed by atoms with Crippen molar-refractivity contribution in [1.82, 2.24) is 4.72 Å². The fourth-order valence-electron chi connectivity index (χ4n) is 1.15. The smallest absolute Gasteiger partial charge is 0.245 e. The van der Waals surface area contributed by atoms with Crippen LogP contribution >= 0.6 is 15.9 Å². The van der Waals surface area contributed by atoms with Crippen LogP contribution in [0.3, 0.4) is 0 Å². The first-order chi connectivity index (χ1) is 7.72. The number of aliphatic hydroxyl groups excluding tert-OH is 1. The van der Waals surface area contributed by atoms with Crippen molar-refractivity contribution in [2.45, 2.75) is 44.2 Å². The third kappa shape index (κ3) is 3.54. The molecule has 0 saturated carbocycles. The van der Waals surface area contributed by atoms with Crippen molar-refractivity contribution in [2.24, 2.45) is 0 Å². The average Bonchev–Trinajstić information content (AvgIpc) is 2.59. The maximum Gasteiger partial charge on any atom is 0.245 e. The number of sulfonamides is 1. The molecule has 5 nitrogen and oxygen atoms in total. The van der Waals surface area contributed by atoms with Gasteiger partial charge in [0, 0.05) is 11.6 Å². The molecule has 0 saturated heterocycles. The molecule has 0 aromatic carbocycles. The van der Waals surface area contributed by atoms with Gasteiger partial charge in [-0.25, -0.2) is 13.1 Å². The Morgan fingerprint density at radius 3 is 2.53 bits per heavy atom. The Morgan fingerprint density at radius 2 is 2.12 bits per heavy atom. The molecule has 0 spiro atoms. The zero-order valence-corrected chi connectivity index (χ0v) is 12.4. The normalized spacial score (nSPS) is 13.0. The molecule has 1 aromatic rings. The second-order valence-electron chi connectivity index (χ2n) is 4.35. The Hall–Kier alpha value is -0.370. The second kappa shape index (κ2) is 5.09. The maximum absolute atomic E-state index is 12.1. The van der Waals surface area contributed by atoms with Gasteiger partial charge < -0.3 is 9.52 Å². The average molecular weight is 326 g/mol. The third-order valence-corrected chi connectivity index (χ3v) is 5.00. The van der Waals surface area contributed by atoms with Crippen LogP contribution in [0.4, 0.5) is 0 Å². The van der Waals surface area contributed by atoms with Crippen molar-refractivity contribution < 1.29 is 17.9 Å². The van der Waals surface area contributed by atoms with E-state index in [1.807, 2.05) is 6.92 Å². The Balaban J connectivity index is 3.09. The predicted octanol–water partition coefficient (Wildman–Crippen LogP) is 2.00. The summed E-state index contributed by atoms with van der Waals surface area (Å²) in [5, 5.41) is 8.89. The zero-order chi connectivity index (χ0) is 13.3. The van der Waals surface area contributed by atoms with Gasteiger partial charge in [-0.15, -0.1) is 0 Å². The minimum absolute atomic E-state index is 0.00285. The lowest BCUT2D eigenvalue weighted by atomic mass is 10.0. The lowest BCUT2D eigenvalue weighted by Gasteiger charge is -2.23. The van der Waals surface area contributed by atoms with Crippen LogP contribution in [0.15, 0.2) is 20.0 Å². The van der Waals surface area contributed by atoms with Crippen LogP contribution in [0.2, 0.25) is 0 Å². The number of nitrogens with one attached hydrogen (secondary N) is 1. The molecular weight excluding hydrogens is 310 g/mol. The molecule has 0 aliphatic carbocycles. The number of rotatable bonds is 5. The highest BCUT2D eigenvalue weighted by atomic mass is 79.9. The van der Waals surface area contributed by atoms with Crippen LogP contribution in [0, 0.1) is 0 Å². The van der Waals surface area contributed by atoms with Crippen LogP contribution in [-0.2, 0) is 16.6 Å². The topological polar surface area (TPSA) is 79.5 Å². The maximum atomic E-state index is 12.1. The van der Waals surface area contributed by atoms with E-state index in [4.69, 9.17) is 9.52 Å². The zero-order valence-electron chi connectivity index (χ0n) is 9.95. The van der Waals surface area contributed by atoms with E-state index in [0.29, 0.717) is 6.42 Å². The third-order valence-electron chi connectivity index (χ3n) is 2.45. The SMILES string of the molecule is CCC(C)(C)NS(=O)(=O)c1cc(CO)oc1Br. The Bertz CT molecular complexity index is 492. The molecule has 0 unspecified atom stereocenters. The van der Waals surface area contributed by atoms with E-state index in [9.17, 15) is 8.42 Å². The van der Waals surface area contributed by atoms with Crippen molar-refractivity contribution in [3.8, 4) is 0 Å². The van der Waals surface area contributed by atoms with Crippen LogP contribution in [0.25, 0.3) is 0 Å². The molecule has 0 atom stereocenters. The number of furan rings is 1. The van der Waals surface area contributed by atoms with Gasteiger partial charge in [0.1, 0.15) is 17.3 Å². The lowest BCUT2D eigenvalue weighted by Crippen LogP contribution is -2.42. The number of hydrogen-bond acceptors (Lipinski definition) is 4. The van der Waals surface area contributed by atoms with Crippen LogP contribution in [-0.4, -0.2) is 19.1 Å². The second-order valence-corrected chi connectivity index (χ2v) is 6.72. The number of aliphatic hydroxyl groups is 1. The van der Waals surface area contributed by atoms with E-state index >= 15 is 0 Å². The van der Waals surface area contributed by atoms with Gasteiger partial charge in [-0.05, 0) is 36.2 Å². The van der Waals surface area contributed by atoms with Crippen LogP contribution < -0.4 is 4.72 Å². The van der Waals surface area contributed by atoms with Gasteiger partial charge in [0.2, 0.25) is 10.0 Å². The van der Waals surface area contributed by atoms with Crippen molar-refractivity contribution >= 4 is 26.0 Å². The van der Waals surface area contributed by atoms with E-state index in [1.165, 1.54) is 6.07 Å². The molecule has 0 aliphatic rings. The Morgan fingerprint density at radius 1 is 1.53 bits per heavy atom. The molecule has 1 aromatic heterocycles. The molecule has 0 bridgehead atoms. The lowest BCUT2D eigenvalue weighted by molar-refractivity contribution is 0.245. The first-order valence-electron chi connectivity index (χ1n) is 5.15. The number of hydrogen-bond donors (Lipinski definition) is 2. The van der Waals surface area contributed by atoms with E-state index < -0.39 is 15.6 Å². The molecule has 0 amide bonds. The number of halogens is 1. The molecule has 1 rings (SSSR count). The summed E-state index contributed by atoms with van der Waals surface area (Å²) >= 11 is 3.03. The van der Waals surface area contributed by atoms with E-state index in [-0.39, 0.29) is 21.9 Å². The quantitative estimate of drug-likeness (QED) is 0.867. The van der Waals surface area contributed by atoms with Gasteiger partial charge >= 0.3 is 0 Å². The van der Waals surface area contributed by atoms with Gasteiger partial charge in [-0.1, -0.05) is 6.92 Å². The highest BCUT2D eigenvalue weighted by molar-refractivity contribution is 9.10. The standard InChI is InChI=1S/C10H16BrNO4S/c1-4-10(2,3)12-17(14,15)8-5-7(6-13)16-9(8)11/h5,12-13H,4,6H2,1-3H3. The van der Waals surface area contributed by atoms with Crippen molar-refractivity contribution in [2.75, 3.05) is 0 Å². The van der Waals surface area contributed by atoms with Crippen LogP contribution in [0.5, 0.6) is 0 Å². The first-order valence-corrected chi connectivity index (χ1v) is 7.42. The molecule has 2 N–H and O–H groups in total. The molecule has 0 radical (unpaired) electrons. The minimum Gasteiger partial charge on any atom is -0.450 e. The summed E-state index contributed by atoms with van der Waals surface area (Å²) in [4.78, 5) is 0.00285. The van der Waals surface area contributed by atoms with Gasteiger partial charge in [0.25, 0.3) is 0 Å². The summed E-state index contributed by atoms with van der Waals surface area (Å²) < 4.78 is 31.9. The molecule has 17 heavy (non-hydrogen) atoms. The van der Waals surface area contributed by atoms with Crippen molar-refractivity contribution in [1.29, 1.82) is 0 Å². The molecule has 98 valence electrons. The van der Waals surface area contributed by atoms with Gasteiger partial charge in [0.05, 0.1) is 0 Å². The van der Waals surface area contributed by atoms with E-state index in [2.05, 4.69) is 20.7 Å². The summed E-state index contributed by atoms with van der Waals surface area (Å²) in [5.41, 5.74) is -0.533. The first kappa shape index (κ1) is 14.7. The Labute approximate surface area is 109 Å². The molecule has 7 heteroatoms. The molecule has 0 fully saturated rings. The summed E-state index contributed by atoms with van der Waals surface area (Å²) in [5.74, 6) is 0.201. The van der Waals surface area contributed by atoms with Crippen molar-refractivity contribution in [3.63, 3.8) is 0 Å². The van der Waals surface area contributed by atoms with Gasteiger partial charge in [0.15, 0.2) is 4.67 Å². The van der Waals surface area contributed by atoms with Crippen LogP contribution in [0.1, 0.15) is 33.0 Å². The summed E-state index contributed by atoms with van der Waals surface area (Å²) in [6, 6.07) is 1.30. The Kier molecular flexibility index (Phi) is 4.40. The highest BCUT2D eigenvalue weighted by Gasteiger charge is 2.28. The van der Waals surface area contributed by atoms with E-state index in [0.717, 1.165) is 0 Å². The van der Waals surface area contributed by atoms with Gasteiger partial charge in [-0.2, -0.15) is 0 Å². The monoisotopic (exact) mass is 325 g/mol. The molecular formula is C10H16BrNO4S. The molecule has 0 aliphatic heterocycles. The molecule has 1 heterocycles. The fourth-order valence-corrected chi connectivity index (χ4v) is 3.63. The summed E-state index contributed by atoms with van der Waals surface area (Å²) in [7, 11) is -3.65.